The van der Waals surface area contributed by atoms with Gasteiger partial charge in [-0.1, -0.05) is 84.9 Å². The van der Waals surface area contributed by atoms with Gasteiger partial charge in [0.2, 0.25) is 0 Å². The Kier molecular flexibility index (Phi) is 7.23. The summed E-state index contributed by atoms with van der Waals surface area (Å²) in [5, 5.41) is 3.07. The SMILES string of the molecule is O=C(c1ccccc1Cl)N(Cc1ccc(Cl)c(Cl)c1)N1C(=O)[C@@H]2C[C@@H](Br)[C@@H](Br)C[C@H]2C1=O. The van der Waals surface area contributed by atoms with Gasteiger partial charge in [0.05, 0.1) is 39.0 Å². The quantitative estimate of drug-likeness (QED) is 0.305. The van der Waals surface area contributed by atoms with Gasteiger partial charge in [0, 0.05) is 9.65 Å². The lowest BCUT2D eigenvalue weighted by atomic mass is 9.81. The maximum atomic E-state index is 13.6. The minimum absolute atomic E-state index is 0.0483. The number of rotatable bonds is 4. The number of carbonyl (C=O) groups excluding carboxylic acids is 3. The Balaban J connectivity index is 1.74. The lowest BCUT2D eigenvalue weighted by Crippen LogP contribution is -2.49. The number of imide groups is 1. The molecule has 0 spiro atoms. The number of alkyl halides is 2. The highest BCUT2D eigenvalue weighted by molar-refractivity contribution is 9.12. The summed E-state index contributed by atoms with van der Waals surface area (Å²) in [6, 6.07) is 11.4. The molecule has 168 valence electrons. The molecule has 3 amide bonds. The van der Waals surface area contributed by atoms with E-state index in [1.54, 1.807) is 42.5 Å². The van der Waals surface area contributed by atoms with E-state index >= 15 is 0 Å². The van der Waals surface area contributed by atoms with Crippen LogP contribution in [0.2, 0.25) is 15.1 Å². The first-order valence-corrected chi connectivity index (χ1v) is 12.8. The molecule has 1 saturated heterocycles. The second-order valence-electron chi connectivity index (χ2n) is 7.80. The van der Waals surface area contributed by atoms with Crippen molar-refractivity contribution >= 4 is 84.4 Å². The van der Waals surface area contributed by atoms with E-state index in [1.165, 1.54) is 0 Å². The third-order valence-electron chi connectivity index (χ3n) is 5.78. The second-order valence-corrected chi connectivity index (χ2v) is 11.4. The summed E-state index contributed by atoms with van der Waals surface area (Å²) >= 11 is 25.6. The van der Waals surface area contributed by atoms with Crippen LogP contribution in [-0.2, 0) is 16.1 Å². The molecule has 10 heteroatoms. The van der Waals surface area contributed by atoms with Crippen molar-refractivity contribution in [3.63, 3.8) is 0 Å². The summed E-state index contributed by atoms with van der Waals surface area (Å²) in [6.07, 6.45) is 1.01. The molecular weight excluding hydrogens is 606 g/mol. The van der Waals surface area contributed by atoms with Gasteiger partial charge in [0.25, 0.3) is 17.7 Å². The van der Waals surface area contributed by atoms with Gasteiger partial charge in [-0.05, 0) is 42.7 Å². The Bertz CT molecular complexity index is 1070. The Morgan fingerprint density at radius 3 is 2.06 bits per heavy atom. The summed E-state index contributed by atoms with van der Waals surface area (Å²) in [7, 11) is 0. The molecule has 4 atom stereocenters. The number of nitrogens with zero attached hydrogens (tertiary/aromatic N) is 2. The molecule has 0 N–H and O–H groups in total. The van der Waals surface area contributed by atoms with Crippen molar-refractivity contribution in [3.8, 4) is 0 Å². The number of fused-ring (bicyclic) bond motifs is 1. The van der Waals surface area contributed by atoms with E-state index in [9.17, 15) is 14.4 Å². The van der Waals surface area contributed by atoms with Gasteiger partial charge in [0.15, 0.2) is 0 Å². The van der Waals surface area contributed by atoms with Gasteiger partial charge in [-0.3, -0.25) is 14.4 Å². The molecule has 4 rings (SSSR count). The van der Waals surface area contributed by atoms with Crippen molar-refractivity contribution in [2.45, 2.75) is 29.0 Å². The third-order valence-corrected chi connectivity index (χ3v) is 9.59. The number of carbonyl (C=O) groups is 3. The Hall–Kier alpha value is -1.12. The number of benzene rings is 2. The summed E-state index contributed by atoms with van der Waals surface area (Å²) in [5.74, 6) is -2.30. The van der Waals surface area contributed by atoms with Gasteiger partial charge in [0.1, 0.15) is 0 Å². The monoisotopic (exact) mass is 620 g/mol. The Morgan fingerprint density at radius 2 is 1.50 bits per heavy atom. The maximum absolute atomic E-state index is 13.6. The smallest absolute Gasteiger partial charge is 0.272 e. The molecule has 1 aliphatic carbocycles. The van der Waals surface area contributed by atoms with Crippen molar-refractivity contribution < 1.29 is 14.4 Å². The number of amides is 3. The van der Waals surface area contributed by atoms with Crippen molar-refractivity contribution in [3.05, 3.63) is 68.7 Å². The van der Waals surface area contributed by atoms with Crippen LogP contribution in [0.15, 0.2) is 42.5 Å². The first-order valence-electron chi connectivity index (χ1n) is 9.85. The van der Waals surface area contributed by atoms with Crippen LogP contribution in [0, 0.1) is 11.8 Å². The number of hydrogen-bond acceptors (Lipinski definition) is 3. The van der Waals surface area contributed by atoms with Crippen LogP contribution in [0.5, 0.6) is 0 Å². The molecule has 2 aliphatic rings. The zero-order valence-corrected chi connectivity index (χ0v) is 21.9. The fourth-order valence-corrected chi connectivity index (χ4v) is 5.91. The van der Waals surface area contributed by atoms with E-state index in [0.717, 1.165) is 10.0 Å². The average Bonchev–Trinajstić information content (AvgIpc) is 2.99. The van der Waals surface area contributed by atoms with Crippen LogP contribution in [0.25, 0.3) is 0 Å². The molecule has 0 unspecified atom stereocenters. The molecule has 2 aromatic carbocycles. The third kappa shape index (κ3) is 4.47. The maximum Gasteiger partial charge on any atom is 0.274 e. The first-order chi connectivity index (χ1) is 15.2. The summed E-state index contributed by atoms with van der Waals surface area (Å²) < 4.78 is 0. The largest absolute Gasteiger partial charge is 0.274 e. The van der Waals surface area contributed by atoms with Crippen molar-refractivity contribution in [2.24, 2.45) is 11.8 Å². The molecule has 1 heterocycles. The predicted octanol–water partition coefficient (Wildman–Crippen LogP) is 6.13. The number of hydrazine groups is 1. The zero-order chi connectivity index (χ0) is 23.2. The van der Waals surface area contributed by atoms with Crippen molar-refractivity contribution in [2.75, 3.05) is 0 Å². The van der Waals surface area contributed by atoms with Crippen LogP contribution in [-0.4, -0.2) is 37.4 Å². The summed E-state index contributed by atoms with van der Waals surface area (Å²) in [5.41, 5.74) is 0.813. The van der Waals surface area contributed by atoms with E-state index in [2.05, 4.69) is 31.9 Å². The van der Waals surface area contributed by atoms with Crippen LogP contribution in [0.3, 0.4) is 0 Å². The lowest BCUT2D eigenvalue weighted by Gasteiger charge is -2.31. The van der Waals surface area contributed by atoms with E-state index in [4.69, 9.17) is 34.8 Å². The molecule has 32 heavy (non-hydrogen) atoms. The second kappa shape index (κ2) is 9.63. The lowest BCUT2D eigenvalue weighted by molar-refractivity contribution is -0.155. The van der Waals surface area contributed by atoms with E-state index < -0.39 is 17.7 Å². The zero-order valence-electron chi connectivity index (χ0n) is 16.5. The topological polar surface area (TPSA) is 57.7 Å². The van der Waals surface area contributed by atoms with E-state index in [1.807, 2.05) is 0 Å². The highest BCUT2D eigenvalue weighted by Crippen LogP contribution is 2.44. The van der Waals surface area contributed by atoms with E-state index in [-0.39, 0.29) is 38.6 Å². The first kappa shape index (κ1) is 24.0. The molecule has 2 aromatic rings. The van der Waals surface area contributed by atoms with Gasteiger partial charge in [-0.15, -0.1) is 0 Å². The number of halogens is 5. The Morgan fingerprint density at radius 1 is 0.906 bits per heavy atom. The van der Waals surface area contributed by atoms with Crippen LogP contribution < -0.4 is 0 Å². The van der Waals surface area contributed by atoms with Crippen LogP contribution in [0.4, 0.5) is 0 Å². The molecule has 0 aromatic heterocycles. The van der Waals surface area contributed by atoms with Gasteiger partial charge in [-0.25, -0.2) is 5.01 Å². The summed E-state index contributed by atoms with van der Waals surface area (Å²) in [4.78, 5) is 40.4. The van der Waals surface area contributed by atoms with Crippen molar-refractivity contribution in [1.29, 1.82) is 0 Å². The molecule has 0 bridgehead atoms. The molecular formula is C22H17Br2Cl3N2O3. The van der Waals surface area contributed by atoms with Gasteiger partial charge in [-0.2, -0.15) is 5.01 Å². The molecule has 1 aliphatic heterocycles. The van der Waals surface area contributed by atoms with Crippen LogP contribution >= 0.6 is 66.7 Å². The van der Waals surface area contributed by atoms with Gasteiger partial charge < -0.3 is 0 Å². The standard InChI is InChI=1S/C22H17Br2Cl3N2O3/c23-15-8-13-14(9-16(15)24)22(32)29(21(13)31)28(10-11-5-6-18(26)19(27)7-11)20(30)12-3-1-2-4-17(12)25/h1-7,13-16H,8-10H2/t13-,14-,15-,16+/m1/s1. The Labute approximate surface area is 217 Å². The molecule has 1 saturated carbocycles. The molecule has 5 nitrogen and oxygen atoms in total. The summed E-state index contributed by atoms with van der Waals surface area (Å²) in [6.45, 7) is -0.0483. The fourth-order valence-electron chi connectivity index (χ4n) is 4.13. The average molecular weight is 624 g/mol. The fraction of sp³-hybridized carbons (Fsp3) is 0.318. The van der Waals surface area contributed by atoms with E-state index in [0.29, 0.717) is 28.5 Å². The van der Waals surface area contributed by atoms with Crippen LogP contribution in [0.1, 0.15) is 28.8 Å². The molecule has 2 fully saturated rings. The minimum atomic E-state index is -0.548. The highest BCUT2D eigenvalue weighted by atomic mass is 79.9. The predicted molar refractivity (Wildman–Crippen MR) is 131 cm³/mol. The normalized spacial score (nSPS) is 25.1. The number of hydrogen-bond donors (Lipinski definition) is 0. The van der Waals surface area contributed by atoms with Gasteiger partial charge >= 0.3 is 0 Å². The minimum Gasteiger partial charge on any atom is -0.272 e. The van der Waals surface area contributed by atoms with Crippen molar-refractivity contribution in [1.82, 2.24) is 10.0 Å². The highest BCUT2D eigenvalue weighted by Gasteiger charge is 2.54. The molecule has 0 radical (unpaired) electrons.